The molecule has 0 spiro atoms. The molecule has 0 saturated heterocycles. The fraction of sp³-hybridized carbons (Fsp3) is 0.778. The molecule has 1 amide bonds. The van der Waals surface area contributed by atoms with Crippen LogP contribution in [0.1, 0.15) is 27.7 Å². The van der Waals surface area contributed by atoms with Crippen LogP contribution >= 0.6 is 21.0 Å². The van der Waals surface area contributed by atoms with Crippen LogP contribution in [0.2, 0.25) is 0 Å². The Morgan fingerprint density at radius 2 is 1.94 bits per heavy atom. The van der Waals surface area contributed by atoms with Crippen molar-refractivity contribution < 1.29 is 19.4 Å². The summed E-state index contributed by atoms with van der Waals surface area (Å²) in [6, 6.07) is -0.966. The molecule has 1 unspecified atom stereocenters. The predicted molar refractivity (Wildman–Crippen MR) is 66.7 cm³/mol. The summed E-state index contributed by atoms with van der Waals surface area (Å²) in [4.78, 5) is 22.2. The number of carboxylic acid groups (broad SMARTS) is 1. The largest absolute Gasteiger partial charge is 0.480 e. The number of rotatable bonds is 5. The molecule has 0 rings (SSSR count). The van der Waals surface area contributed by atoms with Crippen LogP contribution in [0.4, 0.5) is 4.79 Å². The molecule has 7 heteroatoms. The number of carbonyl (C=O) groups excluding carboxylic acids is 1. The Balaban J connectivity index is 4.43. The van der Waals surface area contributed by atoms with Crippen molar-refractivity contribution in [2.75, 3.05) is 0 Å². The maximum atomic E-state index is 11.4. The molecule has 16 heavy (non-hydrogen) atoms. The second-order valence-electron chi connectivity index (χ2n) is 4.05. The molecule has 0 aliphatic carbocycles. The second kappa shape index (κ2) is 6.12. The maximum absolute atomic E-state index is 11.4. The molecule has 6 nitrogen and oxygen atoms in total. The molecular weight excluding hydrogens is 327 g/mol. The third-order valence-electron chi connectivity index (χ3n) is 1.77. The van der Waals surface area contributed by atoms with Gasteiger partial charge in [-0.25, -0.2) is 9.59 Å². The van der Waals surface area contributed by atoms with Gasteiger partial charge in [0.15, 0.2) is 3.61 Å². The van der Waals surface area contributed by atoms with Crippen LogP contribution in [0.5, 0.6) is 0 Å². The molecule has 0 bridgehead atoms. The van der Waals surface area contributed by atoms with Crippen molar-refractivity contribution in [3.63, 3.8) is 0 Å². The molecule has 0 aromatic rings. The first-order valence-electron chi connectivity index (χ1n) is 4.73. The van der Waals surface area contributed by atoms with E-state index >= 15 is 0 Å². The SMILES string of the molecule is CC(C)C(NC(=O)OC(C)(C)I=N)C(=O)O. The highest BCUT2D eigenvalue weighted by atomic mass is 127. The number of alkyl halides is 1. The Hall–Kier alpha value is -0.730. The van der Waals surface area contributed by atoms with Gasteiger partial charge in [-0.2, -0.15) is 0 Å². The van der Waals surface area contributed by atoms with Crippen molar-refractivity contribution in [1.29, 1.82) is 3.56 Å². The van der Waals surface area contributed by atoms with E-state index in [-0.39, 0.29) is 5.92 Å². The van der Waals surface area contributed by atoms with Crippen LogP contribution < -0.4 is 5.32 Å². The molecular formula is C9H17IN2O4. The molecule has 0 aliphatic heterocycles. The van der Waals surface area contributed by atoms with Crippen LogP contribution in [-0.4, -0.2) is 26.8 Å². The number of carboxylic acids is 1. The number of carbonyl (C=O) groups is 2. The Labute approximate surface area is 105 Å². The van der Waals surface area contributed by atoms with Gasteiger partial charge in [-0.3, -0.25) is 3.56 Å². The first-order chi connectivity index (χ1) is 7.19. The van der Waals surface area contributed by atoms with E-state index in [9.17, 15) is 9.59 Å². The monoisotopic (exact) mass is 344 g/mol. The highest BCUT2D eigenvalue weighted by Gasteiger charge is 2.27. The highest BCUT2D eigenvalue weighted by molar-refractivity contribution is 14.1. The van der Waals surface area contributed by atoms with Crippen LogP contribution in [0, 0.1) is 9.48 Å². The fourth-order valence-corrected chi connectivity index (χ4v) is 1.22. The molecule has 0 saturated carbocycles. The molecule has 0 radical (unpaired) electrons. The van der Waals surface area contributed by atoms with E-state index in [1.807, 2.05) is 0 Å². The number of amides is 1. The minimum atomic E-state index is -1.09. The standard InChI is InChI=1S/C9H17IN2O4/c1-5(2)6(7(13)14)12-8(15)16-9(3,4)10-11/h5-6,11H,1-4H3,(H,12,15)(H,13,14). The van der Waals surface area contributed by atoms with Gasteiger partial charge in [0.25, 0.3) is 0 Å². The normalized spacial score (nSPS) is 13.3. The average Bonchev–Trinajstić information content (AvgIpc) is 2.12. The van der Waals surface area contributed by atoms with Crippen molar-refractivity contribution in [1.82, 2.24) is 5.32 Å². The van der Waals surface area contributed by atoms with E-state index in [2.05, 4.69) is 5.32 Å². The van der Waals surface area contributed by atoms with E-state index in [4.69, 9.17) is 13.4 Å². The highest BCUT2D eigenvalue weighted by Crippen LogP contribution is 2.24. The Morgan fingerprint density at radius 1 is 1.44 bits per heavy atom. The van der Waals surface area contributed by atoms with Gasteiger partial charge in [-0.05, 0) is 19.8 Å². The number of alkyl carbamates (subject to hydrolysis) is 1. The quantitative estimate of drug-likeness (QED) is 0.526. The third-order valence-corrected chi connectivity index (χ3v) is 3.29. The lowest BCUT2D eigenvalue weighted by Gasteiger charge is -2.22. The zero-order valence-corrected chi connectivity index (χ0v) is 11.9. The first kappa shape index (κ1) is 15.3. The molecule has 0 aliphatic rings. The summed E-state index contributed by atoms with van der Waals surface area (Å²) < 4.78 is 11.4. The summed E-state index contributed by atoms with van der Waals surface area (Å²) in [5.41, 5.74) is 0. The van der Waals surface area contributed by atoms with Crippen molar-refractivity contribution in [3.8, 4) is 0 Å². The lowest BCUT2D eigenvalue weighted by molar-refractivity contribution is -0.140. The first-order valence-corrected chi connectivity index (χ1v) is 6.89. The summed E-state index contributed by atoms with van der Waals surface area (Å²) in [5.74, 6) is -1.32. The van der Waals surface area contributed by atoms with E-state index < -0.39 is 42.7 Å². The number of hydrogen-bond acceptors (Lipinski definition) is 4. The molecule has 0 aromatic heterocycles. The number of hydrogen-bond donors (Lipinski definition) is 3. The molecule has 0 heterocycles. The zero-order valence-electron chi connectivity index (χ0n) is 9.70. The summed E-state index contributed by atoms with van der Waals surface area (Å²) >= 11 is -1.01. The minimum Gasteiger partial charge on any atom is -0.480 e. The van der Waals surface area contributed by atoms with Crippen LogP contribution in [0.3, 0.4) is 0 Å². The molecule has 3 N–H and O–H groups in total. The number of nitrogens with one attached hydrogen (secondary N) is 2. The van der Waals surface area contributed by atoms with Crippen LogP contribution in [0.25, 0.3) is 0 Å². The van der Waals surface area contributed by atoms with Crippen molar-refractivity contribution in [2.45, 2.75) is 37.3 Å². The second-order valence-corrected chi connectivity index (χ2v) is 7.19. The minimum absolute atomic E-state index is 0.223. The van der Waals surface area contributed by atoms with Crippen molar-refractivity contribution in [3.05, 3.63) is 0 Å². The summed E-state index contributed by atoms with van der Waals surface area (Å²) in [5, 5.41) is 11.1. The fourth-order valence-electron chi connectivity index (χ4n) is 0.910. The lowest BCUT2D eigenvalue weighted by atomic mass is 10.1. The van der Waals surface area contributed by atoms with Gasteiger partial charge in [0.1, 0.15) is 6.04 Å². The maximum Gasteiger partial charge on any atom is 0.409 e. The summed E-state index contributed by atoms with van der Waals surface area (Å²) in [7, 11) is 0. The molecule has 94 valence electrons. The van der Waals surface area contributed by atoms with E-state index in [1.165, 1.54) is 0 Å². The van der Waals surface area contributed by atoms with Gasteiger partial charge < -0.3 is 15.2 Å². The lowest BCUT2D eigenvalue weighted by Crippen LogP contribution is -2.46. The Morgan fingerprint density at radius 3 is 2.25 bits per heavy atom. The third kappa shape index (κ3) is 5.38. The van der Waals surface area contributed by atoms with Gasteiger partial charge in [0, 0.05) is 21.0 Å². The smallest absolute Gasteiger partial charge is 0.409 e. The van der Waals surface area contributed by atoms with Gasteiger partial charge >= 0.3 is 12.1 Å². The Kier molecular flexibility index (Phi) is 5.84. The summed E-state index contributed by atoms with van der Waals surface area (Å²) in [6.07, 6.45) is -0.780. The van der Waals surface area contributed by atoms with Crippen molar-refractivity contribution >= 4 is 33.1 Å². The van der Waals surface area contributed by atoms with Gasteiger partial charge in [-0.1, -0.05) is 13.8 Å². The van der Waals surface area contributed by atoms with Gasteiger partial charge in [0.05, 0.1) is 0 Å². The molecule has 0 fully saturated rings. The number of aliphatic carboxylic acids is 1. The van der Waals surface area contributed by atoms with E-state index in [0.717, 1.165) is 0 Å². The van der Waals surface area contributed by atoms with E-state index in [0.29, 0.717) is 0 Å². The van der Waals surface area contributed by atoms with E-state index in [1.54, 1.807) is 27.7 Å². The Bertz CT molecular complexity index is 291. The van der Waals surface area contributed by atoms with Crippen molar-refractivity contribution in [2.24, 2.45) is 5.92 Å². The predicted octanol–water partition coefficient (Wildman–Crippen LogP) is 2.29. The zero-order chi connectivity index (χ0) is 12.9. The average molecular weight is 344 g/mol. The number of halogens is 1. The van der Waals surface area contributed by atoms with Gasteiger partial charge in [-0.15, -0.1) is 0 Å². The van der Waals surface area contributed by atoms with Crippen LogP contribution in [-0.2, 0) is 9.53 Å². The topological polar surface area (TPSA) is 99.5 Å². The molecule has 0 aromatic carbocycles. The molecule has 1 atom stereocenters. The number of ether oxygens (including phenoxy) is 1. The summed E-state index contributed by atoms with van der Waals surface area (Å²) in [6.45, 7) is 6.67. The van der Waals surface area contributed by atoms with Gasteiger partial charge in [0.2, 0.25) is 0 Å². The van der Waals surface area contributed by atoms with Crippen LogP contribution in [0.15, 0.2) is 0 Å².